The number of aromatic nitrogens is 4. The summed E-state index contributed by atoms with van der Waals surface area (Å²) in [6.07, 6.45) is 4.06. The normalized spacial score (nSPS) is 21.7. The quantitative estimate of drug-likeness (QED) is 0.510. The fourth-order valence-corrected chi connectivity index (χ4v) is 6.60. The van der Waals surface area contributed by atoms with Crippen molar-refractivity contribution in [3.63, 3.8) is 0 Å². The van der Waals surface area contributed by atoms with Crippen LogP contribution in [0.15, 0.2) is 30.3 Å². The molecule has 4 aliphatic rings. The minimum absolute atomic E-state index is 0.217. The fourth-order valence-electron chi connectivity index (χ4n) is 6.41. The van der Waals surface area contributed by atoms with Crippen LogP contribution in [0.4, 0.5) is 10.2 Å². The highest BCUT2D eigenvalue weighted by atomic mass is 35.5. The van der Waals surface area contributed by atoms with E-state index in [1.54, 1.807) is 13.0 Å². The Labute approximate surface area is 214 Å². The lowest BCUT2D eigenvalue weighted by molar-refractivity contribution is 0.0581. The van der Waals surface area contributed by atoms with Crippen molar-refractivity contribution in [2.24, 2.45) is 10.8 Å². The molecular weight excluding hydrogens is 477 g/mol. The Morgan fingerprint density at radius 1 is 1.14 bits per heavy atom. The molecule has 0 radical (unpaired) electrons. The molecule has 2 aliphatic carbocycles. The van der Waals surface area contributed by atoms with Gasteiger partial charge in [0.2, 0.25) is 0 Å². The second-order valence-electron chi connectivity index (χ2n) is 11.3. The zero-order valence-electron chi connectivity index (χ0n) is 20.2. The molecule has 1 aromatic carbocycles. The summed E-state index contributed by atoms with van der Waals surface area (Å²) in [4.78, 5) is 8.99. The van der Waals surface area contributed by atoms with Gasteiger partial charge < -0.3 is 4.90 Å². The summed E-state index contributed by atoms with van der Waals surface area (Å²) in [6, 6.07) is 11.9. The van der Waals surface area contributed by atoms with Gasteiger partial charge in [-0.25, -0.2) is 9.37 Å². The van der Waals surface area contributed by atoms with Gasteiger partial charge in [-0.05, 0) is 68.5 Å². The molecule has 0 atom stereocenters. The van der Waals surface area contributed by atoms with E-state index in [0.29, 0.717) is 18.2 Å². The number of nitriles is 1. The Morgan fingerprint density at radius 2 is 1.94 bits per heavy atom. The summed E-state index contributed by atoms with van der Waals surface area (Å²) in [7, 11) is 0. The number of hydrogen-bond donors (Lipinski definition) is 0. The first-order chi connectivity index (χ1) is 17.4. The lowest BCUT2D eigenvalue weighted by atomic mass is 9.57. The minimum Gasteiger partial charge on any atom is -0.355 e. The van der Waals surface area contributed by atoms with Crippen molar-refractivity contribution in [3.8, 4) is 11.8 Å². The van der Waals surface area contributed by atoms with Gasteiger partial charge in [-0.1, -0.05) is 11.6 Å². The van der Waals surface area contributed by atoms with Gasteiger partial charge in [0.25, 0.3) is 0 Å². The highest BCUT2D eigenvalue weighted by molar-refractivity contribution is 6.30. The van der Waals surface area contributed by atoms with Crippen LogP contribution in [-0.2, 0) is 13.1 Å². The second-order valence-corrected chi connectivity index (χ2v) is 11.8. The molecule has 7 rings (SSSR count). The summed E-state index contributed by atoms with van der Waals surface area (Å²) >= 11 is 6.40. The first-order valence-corrected chi connectivity index (χ1v) is 13.0. The summed E-state index contributed by atoms with van der Waals surface area (Å²) in [5, 5.41) is 19.7. The van der Waals surface area contributed by atoms with E-state index in [9.17, 15) is 9.65 Å². The van der Waals surface area contributed by atoms with Crippen molar-refractivity contribution in [1.29, 1.82) is 5.26 Å². The monoisotopic (exact) mass is 503 g/mol. The van der Waals surface area contributed by atoms with Gasteiger partial charge in [-0.2, -0.15) is 5.26 Å². The predicted octanol–water partition coefficient (Wildman–Crippen LogP) is 4.77. The van der Waals surface area contributed by atoms with Crippen LogP contribution in [-0.4, -0.2) is 44.3 Å². The molecule has 2 aliphatic heterocycles. The molecule has 3 aromatic rings. The van der Waals surface area contributed by atoms with Crippen LogP contribution in [0.3, 0.4) is 0 Å². The highest BCUT2D eigenvalue weighted by Crippen LogP contribution is 2.56. The Kier molecular flexibility index (Phi) is 4.77. The van der Waals surface area contributed by atoms with Crippen molar-refractivity contribution in [3.05, 3.63) is 64.1 Å². The molecule has 1 saturated heterocycles. The van der Waals surface area contributed by atoms with Gasteiger partial charge in [0, 0.05) is 42.5 Å². The maximum Gasteiger partial charge on any atom is 0.151 e. The molecular formula is C27H27ClFN7. The third-order valence-electron chi connectivity index (χ3n) is 8.52. The van der Waals surface area contributed by atoms with Crippen molar-refractivity contribution in [2.75, 3.05) is 24.5 Å². The van der Waals surface area contributed by atoms with Crippen molar-refractivity contribution < 1.29 is 4.39 Å². The fraction of sp³-hybridized carbons (Fsp3) is 0.481. The average molecular weight is 504 g/mol. The first kappa shape index (κ1) is 22.2. The molecule has 3 fully saturated rings. The van der Waals surface area contributed by atoms with Gasteiger partial charge in [0.1, 0.15) is 17.5 Å². The van der Waals surface area contributed by atoms with Crippen LogP contribution in [0, 0.1) is 34.9 Å². The van der Waals surface area contributed by atoms with Gasteiger partial charge in [0.15, 0.2) is 5.82 Å². The first-order valence-electron chi connectivity index (χ1n) is 12.6. The number of anilines is 1. The van der Waals surface area contributed by atoms with Crippen LogP contribution >= 0.6 is 11.6 Å². The van der Waals surface area contributed by atoms with E-state index in [-0.39, 0.29) is 16.6 Å². The van der Waals surface area contributed by atoms with E-state index in [4.69, 9.17) is 16.7 Å². The molecule has 184 valence electrons. The van der Waals surface area contributed by atoms with E-state index in [1.165, 1.54) is 6.07 Å². The Bertz CT molecular complexity index is 1410. The van der Waals surface area contributed by atoms with E-state index in [1.807, 2.05) is 12.1 Å². The summed E-state index contributed by atoms with van der Waals surface area (Å²) in [5.74, 6) is 2.90. The predicted molar refractivity (Wildman–Crippen MR) is 133 cm³/mol. The van der Waals surface area contributed by atoms with Crippen molar-refractivity contribution in [2.45, 2.75) is 51.6 Å². The van der Waals surface area contributed by atoms with Crippen LogP contribution < -0.4 is 4.90 Å². The number of rotatable bonds is 4. The standard InChI is InChI=1S/C27H27ClFN7/c1-17-21(29)3-5-23(31-17)35-15-27(16-35)9-19(10-27)25-33-32-24-12-34(14-26(13-30)6-7-26)11-18-8-20(28)2-4-22(18)36(24)25/h2-5,8,19H,6-7,9-12,14-16H2,1H3. The van der Waals surface area contributed by atoms with E-state index in [2.05, 4.69) is 36.6 Å². The Balaban J connectivity index is 1.12. The number of aryl methyl sites for hydroxylation is 1. The molecule has 0 bridgehead atoms. The molecule has 9 heteroatoms. The molecule has 0 N–H and O–H groups in total. The zero-order chi connectivity index (χ0) is 24.7. The lowest BCUT2D eigenvalue weighted by Crippen LogP contribution is -2.62. The smallest absolute Gasteiger partial charge is 0.151 e. The van der Waals surface area contributed by atoms with Crippen LogP contribution in [0.5, 0.6) is 0 Å². The lowest BCUT2D eigenvalue weighted by Gasteiger charge is -2.59. The largest absolute Gasteiger partial charge is 0.355 e. The molecule has 0 amide bonds. The zero-order valence-corrected chi connectivity index (χ0v) is 21.0. The molecule has 1 spiro atoms. The van der Waals surface area contributed by atoms with Crippen LogP contribution in [0.2, 0.25) is 5.02 Å². The number of halogens is 2. The van der Waals surface area contributed by atoms with Gasteiger partial charge in [0.05, 0.1) is 29.4 Å². The maximum atomic E-state index is 13.6. The Morgan fingerprint density at radius 3 is 2.67 bits per heavy atom. The van der Waals surface area contributed by atoms with Crippen LogP contribution in [0.25, 0.3) is 5.69 Å². The molecule has 2 saturated carbocycles. The van der Waals surface area contributed by atoms with Crippen molar-refractivity contribution >= 4 is 17.4 Å². The summed E-state index contributed by atoms with van der Waals surface area (Å²) in [5.41, 5.74) is 2.75. The van der Waals surface area contributed by atoms with Crippen molar-refractivity contribution in [1.82, 2.24) is 24.6 Å². The molecule has 2 aromatic heterocycles. The van der Waals surface area contributed by atoms with Gasteiger partial charge in [-0.15, -0.1) is 10.2 Å². The molecule has 36 heavy (non-hydrogen) atoms. The summed E-state index contributed by atoms with van der Waals surface area (Å²) in [6.45, 7) is 5.76. The molecule has 7 nitrogen and oxygen atoms in total. The third-order valence-corrected chi connectivity index (χ3v) is 8.76. The Hall–Kier alpha value is -3.02. The maximum absolute atomic E-state index is 13.6. The van der Waals surface area contributed by atoms with Crippen LogP contribution in [0.1, 0.15) is 54.5 Å². The van der Waals surface area contributed by atoms with E-state index >= 15 is 0 Å². The van der Waals surface area contributed by atoms with E-state index in [0.717, 1.165) is 85.6 Å². The molecule has 4 heterocycles. The average Bonchev–Trinajstić information content (AvgIpc) is 3.49. The number of nitrogens with zero attached hydrogens (tertiary/aromatic N) is 7. The number of fused-ring (bicyclic) bond motifs is 3. The minimum atomic E-state index is -0.259. The number of benzene rings is 1. The highest BCUT2D eigenvalue weighted by Gasteiger charge is 2.54. The van der Waals surface area contributed by atoms with Gasteiger partial charge >= 0.3 is 0 Å². The SMILES string of the molecule is Cc1nc(N2CC3(CC(c4nnc5n4-c4ccc(Cl)cc4CN(CC4(C#N)CC4)C5)C3)C2)ccc1F. The third kappa shape index (κ3) is 3.52. The summed E-state index contributed by atoms with van der Waals surface area (Å²) < 4.78 is 15.9. The number of pyridine rings is 1. The van der Waals surface area contributed by atoms with E-state index < -0.39 is 0 Å². The second kappa shape index (κ2) is 7.74. The number of hydrogen-bond acceptors (Lipinski definition) is 6. The van der Waals surface area contributed by atoms with Gasteiger partial charge in [-0.3, -0.25) is 9.47 Å². The topological polar surface area (TPSA) is 73.9 Å². The molecule has 0 unspecified atom stereocenters.